The summed E-state index contributed by atoms with van der Waals surface area (Å²) in [6, 6.07) is 13.0. The molecular weight excluding hydrogens is 312 g/mol. The Balaban J connectivity index is 2.13. The second kappa shape index (κ2) is 6.44. The molecule has 4 N–H and O–H groups in total. The maximum atomic E-state index is 12.2. The van der Waals surface area contributed by atoms with Gasteiger partial charge in [0.25, 0.3) is 0 Å². The van der Waals surface area contributed by atoms with E-state index in [1.54, 1.807) is 24.3 Å². The second-order valence-corrected chi connectivity index (χ2v) is 6.63. The maximum absolute atomic E-state index is 12.2. The van der Waals surface area contributed by atoms with Crippen molar-refractivity contribution in [2.75, 3.05) is 12.3 Å². The summed E-state index contributed by atoms with van der Waals surface area (Å²) in [5.74, 6) is 0. The molecule has 0 saturated carbocycles. The predicted octanol–water partition coefficient (Wildman–Crippen LogP) is 1.93. The quantitative estimate of drug-likeness (QED) is 0.732. The van der Waals surface area contributed by atoms with Crippen molar-refractivity contribution in [3.05, 3.63) is 59.1 Å². The Morgan fingerprint density at radius 2 is 1.86 bits per heavy atom. The van der Waals surface area contributed by atoms with Gasteiger partial charge in [-0.25, -0.2) is 13.1 Å². The van der Waals surface area contributed by atoms with Crippen LogP contribution in [0.3, 0.4) is 0 Å². The first-order chi connectivity index (χ1) is 9.90. The predicted molar refractivity (Wildman–Crippen MR) is 82.5 cm³/mol. The van der Waals surface area contributed by atoms with E-state index in [4.69, 9.17) is 17.3 Å². The molecule has 2 aromatic carbocycles. The van der Waals surface area contributed by atoms with Crippen LogP contribution in [0.5, 0.6) is 0 Å². The van der Waals surface area contributed by atoms with E-state index < -0.39 is 16.1 Å². The Morgan fingerprint density at radius 3 is 2.52 bits per heavy atom. The number of benzene rings is 2. The summed E-state index contributed by atoms with van der Waals surface area (Å²) >= 11 is 5.78. The molecule has 1 atom stereocenters. The number of rotatable bonds is 5. The van der Waals surface area contributed by atoms with Crippen LogP contribution in [0.15, 0.2) is 53.4 Å². The van der Waals surface area contributed by atoms with Gasteiger partial charge in [0.1, 0.15) is 4.90 Å². The van der Waals surface area contributed by atoms with E-state index >= 15 is 0 Å². The van der Waals surface area contributed by atoms with Crippen LogP contribution in [0.4, 0.5) is 5.69 Å². The molecule has 0 heterocycles. The summed E-state index contributed by atoms with van der Waals surface area (Å²) in [4.78, 5) is -0.102. The molecule has 5 nitrogen and oxygen atoms in total. The number of halogens is 1. The van der Waals surface area contributed by atoms with E-state index in [9.17, 15) is 13.5 Å². The number of hydrogen-bond donors (Lipinski definition) is 3. The molecule has 2 rings (SSSR count). The molecule has 1 unspecified atom stereocenters. The standard InChI is InChI=1S/C14H15ClN2O3S/c15-11-6-7-12(16)14(8-11)21(19,20)17-9-13(18)10-4-2-1-3-5-10/h1-8,13,17-18H,9,16H2. The average molecular weight is 327 g/mol. The molecule has 0 aliphatic heterocycles. The van der Waals surface area contributed by atoms with Gasteiger partial charge in [0.2, 0.25) is 10.0 Å². The minimum atomic E-state index is -3.84. The Bertz CT molecular complexity index is 720. The third kappa shape index (κ3) is 3.95. The van der Waals surface area contributed by atoms with E-state index in [2.05, 4.69) is 4.72 Å². The molecule has 0 saturated heterocycles. The van der Waals surface area contributed by atoms with Crippen LogP contribution in [0.1, 0.15) is 11.7 Å². The number of aliphatic hydroxyl groups excluding tert-OH is 1. The van der Waals surface area contributed by atoms with Crippen LogP contribution in [-0.4, -0.2) is 20.1 Å². The van der Waals surface area contributed by atoms with E-state index in [1.807, 2.05) is 6.07 Å². The largest absolute Gasteiger partial charge is 0.398 e. The van der Waals surface area contributed by atoms with Crippen LogP contribution in [0.2, 0.25) is 5.02 Å². The Kier molecular flexibility index (Phi) is 4.84. The summed E-state index contributed by atoms with van der Waals surface area (Å²) in [6.07, 6.45) is -0.943. The molecule has 0 spiro atoms. The number of aliphatic hydroxyl groups is 1. The van der Waals surface area contributed by atoms with Crippen molar-refractivity contribution in [2.24, 2.45) is 0 Å². The fourth-order valence-corrected chi connectivity index (χ4v) is 3.23. The first-order valence-electron chi connectivity index (χ1n) is 6.18. The van der Waals surface area contributed by atoms with Gasteiger partial charge in [-0.1, -0.05) is 41.9 Å². The second-order valence-electron chi connectivity index (χ2n) is 4.46. The van der Waals surface area contributed by atoms with Gasteiger partial charge in [-0.15, -0.1) is 0 Å². The van der Waals surface area contributed by atoms with Crippen molar-refractivity contribution in [2.45, 2.75) is 11.0 Å². The Hall–Kier alpha value is -1.60. The lowest BCUT2D eigenvalue weighted by atomic mass is 10.1. The monoisotopic (exact) mass is 326 g/mol. The van der Waals surface area contributed by atoms with Gasteiger partial charge in [-0.05, 0) is 23.8 Å². The number of hydrogen-bond acceptors (Lipinski definition) is 4. The van der Waals surface area contributed by atoms with Gasteiger partial charge in [-0.2, -0.15) is 0 Å². The number of nitrogens with two attached hydrogens (primary N) is 1. The molecule has 2 aromatic rings. The van der Waals surface area contributed by atoms with E-state index in [-0.39, 0.29) is 22.2 Å². The lowest BCUT2D eigenvalue weighted by molar-refractivity contribution is 0.182. The average Bonchev–Trinajstić information content (AvgIpc) is 2.48. The zero-order valence-electron chi connectivity index (χ0n) is 11.0. The highest BCUT2D eigenvalue weighted by atomic mass is 35.5. The zero-order chi connectivity index (χ0) is 15.5. The van der Waals surface area contributed by atoms with Gasteiger partial charge < -0.3 is 10.8 Å². The summed E-state index contributed by atoms with van der Waals surface area (Å²) in [6.45, 7) is -0.154. The highest BCUT2D eigenvalue weighted by molar-refractivity contribution is 7.89. The number of nitrogen functional groups attached to an aromatic ring is 1. The smallest absolute Gasteiger partial charge is 0.242 e. The van der Waals surface area contributed by atoms with Crippen LogP contribution < -0.4 is 10.5 Å². The molecule has 0 aromatic heterocycles. The van der Waals surface area contributed by atoms with Gasteiger partial charge in [0.15, 0.2) is 0 Å². The van der Waals surface area contributed by atoms with E-state index in [0.717, 1.165) is 0 Å². The first kappa shape index (κ1) is 15.8. The fraction of sp³-hybridized carbons (Fsp3) is 0.143. The molecule has 0 bridgehead atoms. The summed E-state index contributed by atoms with van der Waals surface area (Å²) < 4.78 is 26.7. The minimum absolute atomic E-state index is 0.0982. The molecule has 0 aliphatic carbocycles. The molecule has 21 heavy (non-hydrogen) atoms. The minimum Gasteiger partial charge on any atom is -0.398 e. The number of anilines is 1. The van der Waals surface area contributed by atoms with Gasteiger partial charge in [0, 0.05) is 11.6 Å². The summed E-state index contributed by atoms with van der Waals surface area (Å²) in [7, 11) is -3.84. The Morgan fingerprint density at radius 1 is 1.19 bits per heavy atom. The lowest BCUT2D eigenvalue weighted by Crippen LogP contribution is -2.29. The normalized spacial score (nSPS) is 13.0. The van der Waals surface area contributed by atoms with Crippen LogP contribution >= 0.6 is 11.6 Å². The van der Waals surface area contributed by atoms with Crippen molar-refractivity contribution in [1.29, 1.82) is 0 Å². The molecule has 112 valence electrons. The molecule has 0 aliphatic rings. The Labute approximate surface area is 128 Å². The van der Waals surface area contributed by atoms with Crippen LogP contribution in [0, 0.1) is 0 Å². The highest BCUT2D eigenvalue weighted by Crippen LogP contribution is 2.23. The van der Waals surface area contributed by atoms with Crippen molar-refractivity contribution in [1.82, 2.24) is 4.72 Å². The third-order valence-electron chi connectivity index (χ3n) is 2.92. The molecular formula is C14H15ClN2O3S. The van der Waals surface area contributed by atoms with Crippen molar-refractivity contribution < 1.29 is 13.5 Å². The molecule has 0 amide bonds. The molecule has 0 fully saturated rings. The zero-order valence-corrected chi connectivity index (χ0v) is 12.6. The molecule has 7 heteroatoms. The van der Waals surface area contributed by atoms with Crippen LogP contribution in [0.25, 0.3) is 0 Å². The number of nitrogens with one attached hydrogen (secondary N) is 1. The van der Waals surface area contributed by atoms with Gasteiger partial charge in [-0.3, -0.25) is 0 Å². The highest BCUT2D eigenvalue weighted by Gasteiger charge is 2.19. The van der Waals surface area contributed by atoms with Crippen molar-refractivity contribution in [3.63, 3.8) is 0 Å². The summed E-state index contributed by atoms with van der Waals surface area (Å²) in [5, 5.41) is 10.2. The summed E-state index contributed by atoms with van der Waals surface area (Å²) in [5.41, 5.74) is 6.38. The van der Waals surface area contributed by atoms with E-state index in [1.165, 1.54) is 18.2 Å². The fourth-order valence-electron chi connectivity index (χ4n) is 1.80. The van der Waals surface area contributed by atoms with Crippen molar-refractivity contribution >= 4 is 27.3 Å². The van der Waals surface area contributed by atoms with Crippen molar-refractivity contribution in [3.8, 4) is 0 Å². The SMILES string of the molecule is Nc1ccc(Cl)cc1S(=O)(=O)NCC(O)c1ccccc1. The lowest BCUT2D eigenvalue weighted by Gasteiger charge is -2.13. The topological polar surface area (TPSA) is 92.4 Å². The number of sulfonamides is 1. The van der Waals surface area contributed by atoms with E-state index in [0.29, 0.717) is 5.56 Å². The molecule has 0 radical (unpaired) electrons. The van der Waals surface area contributed by atoms with Gasteiger partial charge >= 0.3 is 0 Å². The first-order valence-corrected chi connectivity index (χ1v) is 8.04. The maximum Gasteiger partial charge on any atom is 0.242 e. The van der Waals surface area contributed by atoms with Crippen LogP contribution in [-0.2, 0) is 10.0 Å². The third-order valence-corrected chi connectivity index (χ3v) is 4.63. The van der Waals surface area contributed by atoms with Gasteiger partial charge in [0.05, 0.1) is 11.8 Å².